The first kappa shape index (κ1) is 6.16. The Bertz CT molecular complexity index is 354. The SMILES string of the molecule is C=Cn1cc2ccccc2n1. The lowest BCUT2D eigenvalue weighted by Crippen LogP contribution is -1.82. The van der Waals surface area contributed by atoms with Crippen molar-refractivity contribution < 1.29 is 0 Å². The van der Waals surface area contributed by atoms with Crippen molar-refractivity contribution in [1.29, 1.82) is 0 Å². The van der Waals surface area contributed by atoms with E-state index in [-0.39, 0.29) is 0 Å². The second-order valence-electron chi connectivity index (χ2n) is 2.35. The highest BCUT2D eigenvalue weighted by Gasteiger charge is 1.94. The maximum Gasteiger partial charge on any atom is 0.0927 e. The van der Waals surface area contributed by atoms with Crippen LogP contribution in [-0.2, 0) is 0 Å². The molecule has 54 valence electrons. The van der Waals surface area contributed by atoms with Crippen LogP contribution in [0.2, 0.25) is 0 Å². The number of benzene rings is 1. The van der Waals surface area contributed by atoms with Crippen LogP contribution in [0.5, 0.6) is 0 Å². The highest BCUT2D eigenvalue weighted by Crippen LogP contribution is 2.10. The first-order valence-corrected chi connectivity index (χ1v) is 3.46. The first-order valence-electron chi connectivity index (χ1n) is 3.46. The fourth-order valence-electron chi connectivity index (χ4n) is 1.08. The highest BCUT2D eigenvalue weighted by molar-refractivity contribution is 5.78. The van der Waals surface area contributed by atoms with Crippen LogP contribution in [0, 0.1) is 0 Å². The summed E-state index contributed by atoms with van der Waals surface area (Å²) < 4.78 is 1.71. The van der Waals surface area contributed by atoms with Gasteiger partial charge in [-0.1, -0.05) is 24.8 Å². The lowest BCUT2D eigenvalue weighted by Gasteiger charge is -1.82. The molecule has 0 amide bonds. The van der Waals surface area contributed by atoms with Gasteiger partial charge in [-0.15, -0.1) is 0 Å². The quantitative estimate of drug-likeness (QED) is 0.599. The van der Waals surface area contributed by atoms with E-state index < -0.39 is 0 Å². The fraction of sp³-hybridized carbons (Fsp3) is 0. The summed E-state index contributed by atoms with van der Waals surface area (Å²) in [5.41, 5.74) is 1.01. The molecule has 1 aromatic heterocycles. The minimum absolute atomic E-state index is 1.01. The van der Waals surface area contributed by atoms with E-state index in [1.165, 1.54) is 0 Å². The van der Waals surface area contributed by atoms with E-state index in [4.69, 9.17) is 0 Å². The lowest BCUT2D eigenvalue weighted by atomic mass is 10.3. The Balaban J connectivity index is 2.78. The Morgan fingerprint density at radius 3 is 2.91 bits per heavy atom. The number of fused-ring (bicyclic) bond motifs is 1. The molecule has 0 radical (unpaired) electrons. The zero-order valence-corrected chi connectivity index (χ0v) is 6.07. The minimum Gasteiger partial charge on any atom is -0.248 e. The van der Waals surface area contributed by atoms with Crippen LogP contribution < -0.4 is 0 Å². The Morgan fingerprint density at radius 1 is 1.36 bits per heavy atom. The summed E-state index contributed by atoms with van der Waals surface area (Å²) in [6, 6.07) is 7.98. The van der Waals surface area contributed by atoms with Gasteiger partial charge in [0.1, 0.15) is 0 Å². The molecule has 0 spiro atoms. The molecule has 2 aromatic rings. The van der Waals surface area contributed by atoms with E-state index >= 15 is 0 Å². The van der Waals surface area contributed by atoms with Crippen molar-refractivity contribution in [2.75, 3.05) is 0 Å². The van der Waals surface area contributed by atoms with Gasteiger partial charge in [0.05, 0.1) is 5.52 Å². The summed E-state index contributed by atoms with van der Waals surface area (Å²) in [7, 11) is 0. The van der Waals surface area contributed by atoms with Crippen molar-refractivity contribution in [1.82, 2.24) is 9.78 Å². The molecule has 0 saturated heterocycles. The number of nitrogens with zero attached hydrogens (tertiary/aromatic N) is 2. The molecule has 0 aliphatic heterocycles. The van der Waals surface area contributed by atoms with Crippen molar-refractivity contribution in [3.05, 3.63) is 37.0 Å². The molecule has 0 bridgehead atoms. The largest absolute Gasteiger partial charge is 0.248 e. The zero-order valence-electron chi connectivity index (χ0n) is 6.07. The van der Waals surface area contributed by atoms with Gasteiger partial charge in [-0.05, 0) is 6.07 Å². The van der Waals surface area contributed by atoms with E-state index in [9.17, 15) is 0 Å². The van der Waals surface area contributed by atoms with Crippen LogP contribution in [-0.4, -0.2) is 9.78 Å². The van der Waals surface area contributed by atoms with Crippen molar-refractivity contribution >= 4 is 17.1 Å². The molecule has 0 fully saturated rings. The fourth-order valence-corrected chi connectivity index (χ4v) is 1.08. The van der Waals surface area contributed by atoms with Gasteiger partial charge in [-0.25, -0.2) is 4.68 Å². The summed E-state index contributed by atoms with van der Waals surface area (Å²) >= 11 is 0. The van der Waals surface area contributed by atoms with E-state index in [0.717, 1.165) is 10.9 Å². The number of rotatable bonds is 1. The van der Waals surface area contributed by atoms with Crippen molar-refractivity contribution in [2.45, 2.75) is 0 Å². The minimum atomic E-state index is 1.01. The molecule has 0 atom stereocenters. The van der Waals surface area contributed by atoms with Crippen molar-refractivity contribution in [3.8, 4) is 0 Å². The third-order valence-electron chi connectivity index (χ3n) is 1.62. The van der Waals surface area contributed by atoms with Gasteiger partial charge in [0.2, 0.25) is 0 Å². The van der Waals surface area contributed by atoms with Crippen LogP contribution in [0.15, 0.2) is 37.0 Å². The molecule has 2 rings (SSSR count). The van der Waals surface area contributed by atoms with E-state index in [0.29, 0.717) is 0 Å². The molecular formula is C9H8N2. The number of hydrogen-bond acceptors (Lipinski definition) is 1. The molecule has 0 unspecified atom stereocenters. The summed E-state index contributed by atoms with van der Waals surface area (Å²) in [4.78, 5) is 0. The van der Waals surface area contributed by atoms with Gasteiger partial charge < -0.3 is 0 Å². The van der Waals surface area contributed by atoms with Crippen molar-refractivity contribution in [2.24, 2.45) is 0 Å². The maximum atomic E-state index is 4.23. The smallest absolute Gasteiger partial charge is 0.0927 e. The highest BCUT2D eigenvalue weighted by atomic mass is 15.3. The van der Waals surface area contributed by atoms with Gasteiger partial charge in [0.15, 0.2) is 0 Å². The van der Waals surface area contributed by atoms with Crippen LogP contribution in [0.25, 0.3) is 17.1 Å². The predicted octanol–water partition coefficient (Wildman–Crippen LogP) is 2.14. The van der Waals surface area contributed by atoms with Crippen LogP contribution in [0.3, 0.4) is 0 Å². The average molecular weight is 144 g/mol. The van der Waals surface area contributed by atoms with Crippen LogP contribution >= 0.6 is 0 Å². The normalized spacial score (nSPS) is 10.2. The topological polar surface area (TPSA) is 17.8 Å². The van der Waals surface area contributed by atoms with Crippen LogP contribution in [0.4, 0.5) is 0 Å². The Hall–Kier alpha value is -1.57. The average Bonchev–Trinajstić information content (AvgIpc) is 2.46. The van der Waals surface area contributed by atoms with Gasteiger partial charge in [-0.3, -0.25) is 0 Å². The summed E-state index contributed by atoms with van der Waals surface area (Å²) in [5.74, 6) is 0. The second-order valence-corrected chi connectivity index (χ2v) is 2.35. The third kappa shape index (κ3) is 0.923. The third-order valence-corrected chi connectivity index (χ3v) is 1.62. The van der Waals surface area contributed by atoms with Gasteiger partial charge in [-0.2, -0.15) is 5.10 Å². The molecule has 1 aromatic carbocycles. The number of hydrogen-bond donors (Lipinski definition) is 0. The molecule has 2 heteroatoms. The first-order chi connectivity index (χ1) is 5.40. The zero-order chi connectivity index (χ0) is 7.68. The summed E-state index contributed by atoms with van der Waals surface area (Å²) in [6.45, 7) is 3.63. The maximum absolute atomic E-state index is 4.23. The molecule has 2 nitrogen and oxygen atoms in total. The molecule has 0 aliphatic carbocycles. The molecule has 11 heavy (non-hydrogen) atoms. The van der Waals surface area contributed by atoms with Gasteiger partial charge >= 0.3 is 0 Å². The molecule has 0 N–H and O–H groups in total. The number of aromatic nitrogens is 2. The summed E-state index contributed by atoms with van der Waals surface area (Å²) in [6.07, 6.45) is 3.63. The van der Waals surface area contributed by atoms with E-state index in [1.807, 2.05) is 30.5 Å². The Labute approximate surface area is 64.8 Å². The van der Waals surface area contributed by atoms with Crippen molar-refractivity contribution in [3.63, 3.8) is 0 Å². The van der Waals surface area contributed by atoms with Gasteiger partial charge in [0.25, 0.3) is 0 Å². The van der Waals surface area contributed by atoms with E-state index in [2.05, 4.69) is 11.7 Å². The molecule has 1 heterocycles. The molecule has 0 aliphatic rings. The molecular weight excluding hydrogens is 136 g/mol. The Kier molecular flexibility index (Phi) is 1.25. The van der Waals surface area contributed by atoms with Gasteiger partial charge in [0, 0.05) is 17.8 Å². The predicted molar refractivity (Wildman–Crippen MR) is 46.1 cm³/mol. The van der Waals surface area contributed by atoms with E-state index in [1.54, 1.807) is 10.9 Å². The standard InChI is InChI=1S/C9H8N2/c1-2-11-7-8-5-3-4-6-9(8)10-11/h2-7H,1H2. The molecule has 0 saturated carbocycles. The van der Waals surface area contributed by atoms with Crippen LogP contribution in [0.1, 0.15) is 0 Å². The Morgan fingerprint density at radius 2 is 2.18 bits per heavy atom. The lowest BCUT2D eigenvalue weighted by molar-refractivity contribution is 0.956. The second kappa shape index (κ2) is 2.23. The monoisotopic (exact) mass is 144 g/mol. The summed E-state index contributed by atoms with van der Waals surface area (Å²) in [5, 5.41) is 5.38.